The van der Waals surface area contributed by atoms with E-state index in [1.165, 1.54) is 0 Å². The number of carbonyl (C=O) groups is 1. The van der Waals surface area contributed by atoms with Crippen molar-refractivity contribution in [3.63, 3.8) is 0 Å². The number of anilines is 1. The molecule has 0 atom stereocenters. The Morgan fingerprint density at radius 1 is 1.29 bits per heavy atom. The number of amides is 2. The van der Waals surface area contributed by atoms with Crippen LogP contribution in [0.1, 0.15) is 13.8 Å². The van der Waals surface area contributed by atoms with Crippen molar-refractivity contribution < 1.29 is 4.79 Å². The van der Waals surface area contributed by atoms with Gasteiger partial charge in [0.05, 0.1) is 0 Å². The van der Waals surface area contributed by atoms with Crippen molar-refractivity contribution in [3.05, 3.63) is 30.3 Å². The highest BCUT2D eigenvalue weighted by Gasteiger charge is 2.11. The Morgan fingerprint density at radius 2 is 1.93 bits per heavy atom. The molecular formula is C11H16N2O. The lowest BCUT2D eigenvalue weighted by Gasteiger charge is -2.20. The van der Waals surface area contributed by atoms with E-state index >= 15 is 0 Å². The van der Waals surface area contributed by atoms with Crippen LogP contribution in [0, 0.1) is 0 Å². The Morgan fingerprint density at radius 3 is 2.43 bits per heavy atom. The minimum absolute atomic E-state index is 0.0406. The monoisotopic (exact) mass is 192 g/mol. The molecule has 1 aromatic rings. The van der Waals surface area contributed by atoms with Gasteiger partial charge in [-0.15, -0.1) is 0 Å². The summed E-state index contributed by atoms with van der Waals surface area (Å²) in [7, 11) is 0. The van der Waals surface area contributed by atoms with Crippen molar-refractivity contribution in [2.75, 3.05) is 18.0 Å². The lowest BCUT2D eigenvalue weighted by Crippen LogP contribution is -2.39. The minimum atomic E-state index is -0.0406. The summed E-state index contributed by atoms with van der Waals surface area (Å²) in [6, 6.07) is 9.61. The predicted molar refractivity (Wildman–Crippen MR) is 58.5 cm³/mol. The molecular weight excluding hydrogens is 176 g/mol. The summed E-state index contributed by atoms with van der Waals surface area (Å²) < 4.78 is 0. The van der Waals surface area contributed by atoms with Crippen LogP contribution >= 0.6 is 0 Å². The first-order valence-corrected chi connectivity index (χ1v) is 4.90. The summed E-state index contributed by atoms with van der Waals surface area (Å²) in [5.41, 5.74) is 0.931. The van der Waals surface area contributed by atoms with Crippen molar-refractivity contribution in [3.8, 4) is 0 Å². The normalized spacial score (nSPS) is 9.57. The van der Waals surface area contributed by atoms with Gasteiger partial charge in [-0.3, -0.25) is 4.90 Å². The Balaban J connectivity index is 2.77. The maximum atomic E-state index is 11.6. The molecule has 14 heavy (non-hydrogen) atoms. The fraction of sp³-hybridized carbons (Fsp3) is 0.364. The smallest absolute Gasteiger partial charge is 0.321 e. The number of urea groups is 1. The first kappa shape index (κ1) is 10.6. The van der Waals surface area contributed by atoms with Crippen molar-refractivity contribution >= 4 is 11.7 Å². The van der Waals surface area contributed by atoms with Crippen LogP contribution in [0.15, 0.2) is 30.3 Å². The number of hydrogen-bond acceptors (Lipinski definition) is 1. The van der Waals surface area contributed by atoms with Crippen LogP contribution in [-0.4, -0.2) is 19.1 Å². The summed E-state index contributed by atoms with van der Waals surface area (Å²) >= 11 is 0. The van der Waals surface area contributed by atoms with Crippen molar-refractivity contribution in [2.45, 2.75) is 13.8 Å². The Bertz CT molecular complexity index is 285. The average Bonchev–Trinajstić information content (AvgIpc) is 2.21. The SMILES string of the molecule is CCNC(=O)N(CC)c1ccccc1. The largest absolute Gasteiger partial charge is 0.338 e. The molecule has 0 unspecified atom stereocenters. The molecule has 0 saturated carbocycles. The number of nitrogens with zero attached hydrogens (tertiary/aromatic N) is 1. The molecule has 1 rings (SSSR count). The topological polar surface area (TPSA) is 32.3 Å². The van der Waals surface area contributed by atoms with Gasteiger partial charge in [0.2, 0.25) is 0 Å². The Labute approximate surface area is 84.7 Å². The van der Waals surface area contributed by atoms with Gasteiger partial charge < -0.3 is 5.32 Å². The van der Waals surface area contributed by atoms with E-state index in [4.69, 9.17) is 0 Å². The van der Waals surface area contributed by atoms with Crippen LogP contribution in [-0.2, 0) is 0 Å². The maximum absolute atomic E-state index is 11.6. The second-order valence-corrected chi connectivity index (χ2v) is 2.92. The first-order valence-electron chi connectivity index (χ1n) is 4.90. The summed E-state index contributed by atoms with van der Waals surface area (Å²) in [5.74, 6) is 0. The molecule has 0 aliphatic rings. The summed E-state index contributed by atoms with van der Waals surface area (Å²) in [6.07, 6.45) is 0. The fourth-order valence-corrected chi connectivity index (χ4v) is 1.30. The van der Waals surface area contributed by atoms with Crippen molar-refractivity contribution in [1.82, 2.24) is 5.32 Å². The van der Waals surface area contributed by atoms with E-state index in [2.05, 4.69) is 5.32 Å². The van der Waals surface area contributed by atoms with E-state index in [0.29, 0.717) is 13.1 Å². The van der Waals surface area contributed by atoms with E-state index in [-0.39, 0.29) is 6.03 Å². The second kappa shape index (κ2) is 5.27. The van der Waals surface area contributed by atoms with E-state index < -0.39 is 0 Å². The third-order valence-electron chi connectivity index (χ3n) is 1.96. The van der Waals surface area contributed by atoms with Crippen LogP contribution in [0.3, 0.4) is 0 Å². The number of para-hydroxylation sites is 1. The Hall–Kier alpha value is -1.51. The van der Waals surface area contributed by atoms with Gasteiger partial charge >= 0.3 is 6.03 Å². The fourth-order valence-electron chi connectivity index (χ4n) is 1.30. The van der Waals surface area contributed by atoms with Gasteiger partial charge in [0, 0.05) is 18.8 Å². The lowest BCUT2D eigenvalue weighted by molar-refractivity contribution is 0.247. The third kappa shape index (κ3) is 2.49. The summed E-state index contributed by atoms with van der Waals surface area (Å²) in [4.78, 5) is 13.3. The van der Waals surface area contributed by atoms with Crippen LogP contribution in [0.2, 0.25) is 0 Å². The zero-order valence-electron chi connectivity index (χ0n) is 8.66. The lowest BCUT2D eigenvalue weighted by atomic mass is 10.3. The molecule has 0 heterocycles. The van der Waals surface area contributed by atoms with E-state index in [0.717, 1.165) is 5.69 Å². The standard InChI is InChI=1S/C11H16N2O/c1-3-12-11(14)13(4-2)10-8-6-5-7-9-10/h5-9H,3-4H2,1-2H3,(H,12,14). The number of nitrogens with one attached hydrogen (secondary N) is 1. The highest BCUT2D eigenvalue weighted by atomic mass is 16.2. The van der Waals surface area contributed by atoms with Crippen molar-refractivity contribution in [1.29, 1.82) is 0 Å². The van der Waals surface area contributed by atoms with Gasteiger partial charge in [-0.1, -0.05) is 18.2 Å². The molecule has 1 aromatic carbocycles. The molecule has 0 spiro atoms. The van der Waals surface area contributed by atoms with Gasteiger partial charge in [0.25, 0.3) is 0 Å². The van der Waals surface area contributed by atoms with Gasteiger partial charge in [0.15, 0.2) is 0 Å². The van der Waals surface area contributed by atoms with Crippen molar-refractivity contribution in [2.24, 2.45) is 0 Å². The third-order valence-corrected chi connectivity index (χ3v) is 1.96. The molecule has 76 valence electrons. The number of hydrogen-bond donors (Lipinski definition) is 1. The molecule has 0 aliphatic heterocycles. The maximum Gasteiger partial charge on any atom is 0.321 e. The minimum Gasteiger partial charge on any atom is -0.338 e. The average molecular weight is 192 g/mol. The molecule has 3 heteroatoms. The van der Waals surface area contributed by atoms with E-state index in [1.807, 2.05) is 44.2 Å². The van der Waals surface area contributed by atoms with Gasteiger partial charge in [-0.05, 0) is 26.0 Å². The molecule has 0 bridgehead atoms. The summed E-state index contributed by atoms with van der Waals surface area (Å²) in [5, 5.41) is 2.78. The quantitative estimate of drug-likeness (QED) is 0.782. The Kier molecular flexibility index (Phi) is 3.98. The zero-order chi connectivity index (χ0) is 10.4. The van der Waals surface area contributed by atoms with Crippen LogP contribution in [0.5, 0.6) is 0 Å². The molecule has 2 amide bonds. The summed E-state index contributed by atoms with van der Waals surface area (Å²) in [6.45, 7) is 5.21. The zero-order valence-corrected chi connectivity index (χ0v) is 8.66. The highest BCUT2D eigenvalue weighted by molar-refractivity contribution is 5.91. The number of carbonyl (C=O) groups excluding carboxylic acids is 1. The molecule has 0 saturated heterocycles. The predicted octanol–water partition coefficient (Wildman–Crippen LogP) is 2.24. The molecule has 0 aromatic heterocycles. The van der Waals surface area contributed by atoms with Gasteiger partial charge in [0.1, 0.15) is 0 Å². The molecule has 0 radical (unpaired) electrons. The van der Waals surface area contributed by atoms with Gasteiger partial charge in [-0.2, -0.15) is 0 Å². The first-order chi connectivity index (χ1) is 6.79. The molecule has 0 aliphatic carbocycles. The molecule has 3 nitrogen and oxygen atoms in total. The highest BCUT2D eigenvalue weighted by Crippen LogP contribution is 2.12. The molecule has 0 fully saturated rings. The van der Waals surface area contributed by atoms with Crippen LogP contribution < -0.4 is 10.2 Å². The second-order valence-electron chi connectivity index (χ2n) is 2.92. The molecule has 1 N–H and O–H groups in total. The number of rotatable bonds is 3. The van der Waals surface area contributed by atoms with E-state index in [9.17, 15) is 4.79 Å². The van der Waals surface area contributed by atoms with Gasteiger partial charge in [-0.25, -0.2) is 4.79 Å². The van der Waals surface area contributed by atoms with Crippen LogP contribution in [0.25, 0.3) is 0 Å². The van der Waals surface area contributed by atoms with Crippen LogP contribution in [0.4, 0.5) is 10.5 Å². The number of benzene rings is 1. The van der Waals surface area contributed by atoms with E-state index in [1.54, 1.807) is 4.90 Å².